The number of anilines is 1. The average molecular weight is 311 g/mol. The second kappa shape index (κ2) is 7.40. The lowest BCUT2D eigenvalue weighted by Gasteiger charge is -2.24. The molecule has 0 spiro atoms. The van der Waals surface area contributed by atoms with Crippen LogP contribution in [-0.4, -0.2) is 29.4 Å². The Kier molecular flexibility index (Phi) is 5.55. The molecule has 116 valence electrons. The van der Waals surface area contributed by atoms with Crippen molar-refractivity contribution >= 4 is 28.1 Å². The second-order valence-electron chi connectivity index (χ2n) is 5.23. The molecule has 2 N–H and O–H groups in total. The average Bonchev–Trinajstić information content (AvgIpc) is 2.86. The molecule has 1 aromatic rings. The van der Waals surface area contributed by atoms with E-state index in [0.29, 0.717) is 16.7 Å². The van der Waals surface area contributed by atoms with Crippen LogP contribution in [0.1, 0.15) is 45.2 Å². The molecule has 2 atom stereocenters. The number of rotatable bonds is 5. The summed E-state index contributed by atoms with van der Waals surface area (Å²) in [5.74, 6) is 0.0894. The third kappa shape index (κ3) is 4.42. The Balaban J connectivity index is 2.10. The van der Waals surface area contributed by atoms with E-state index in [9.17, 15) is 4.79 Å². The van der Waals surface area contributed by atoms with Crippen LogP contribution in [0.5, 0.6) is 0 Å². The Morgan fingerprint density at radius 2 is 2.38 bits per heavy atom. The number of hydrogen-bond acceptors (Lipinski definition) is 7. The van der Waals surface area contributed by atoms with E-state index in [0.717, 1.165) is 19.3 Å². The van der Waals surface area contributed by atoms with Gasteiger partial charge in [-0.15, -0.1) is 11.3 Å². The first kappa shape index (κ1) is 15.8. The summed E-state index contributed by atoms with van der Waals surface area (Å²) in [6.45, 7) is 4.22. The Labute approximate surface area is 128 Å². The molecule has 1 aliphatic rings. The van der Waals surface area contributed by atoms with E-state index in [1.54, 1.807) is 12.3 Å². The van der Waals surface area contributed by atoms with Crippen LogP contribution in [0.15, 0.2) is 10.5 Å². The first-order valence-corrected chi connectivity index (χ1v) is 8.10. The SMILES string of the molecule is CCOC(=O)C(=NO[C@H]1CCC[C@H](C)C1)c1csc(N)n1. The molecule has 0 aromatic carbocycles. The van der Waals surface area contributed by atoms with Gasteiger partial charge in [0.1, 0.15) is 11.8 Å². The highest BCUT2D eigenvalue weighted by atomic mass is 32.1. The Morgan fingerprint density at radius 3 is 3.00 bits per heavy atom. The number of carbonyl (C=O) groups excluding carboxylic acids is 1. The van der Waals surface area contributed by atoms with E-state index in [2.05, 4.69) is 17.1 Å². The van der Waals surface area contributed by atoms with Crippen LogP contribution in [0.4, 0.5) is 5.13 Å². The van der Waals surface area contributed by atoms with E-state index in [1.165, 1.54) is 17.8 Å². The fourth-order valence-corrected chi connectivity index (χ4v) is 2.93. The maximum absolute atomic E-state index is 12.0. The second-order valence-corrected chi connectivity index (χ2v) is 6.12. The van der Waals surface area contributed by atoms with Crippen molar-refractivity contribution in [3.63, 3.8) is 0 Å². The van der Waals surface area contributed by atoms with Crippen molar-refractivity contribution in [2.24, 2.45) is 11.1 Å². The number of oxime groups is 1. The minimum Gasteiger partial charge on any atom is -0.461 e. The molecule has 0 aliphatic heterocycles. The summed E-state index contributed by atoms with van der Waals surface area (Å²) in [5, 5.41) is 6.08. The first-order valence-electron chi connectivity index (χ1n) is 7.22. The number of thiazole rings is 1. The van der Waals surface area contributed by atoms with Crippen LogP contribution in [0.3, 0.4) is 0 Å². The maximum atomic E-state index is 12.0. The minimum absolute atomic E-state index is 0.0501. The predicted octanol–water partition coefficient (Wildman–Crippen LogP) is 2.59. The fraction of sp³-hybridized carbons (Fsp3) is 0.643. The highest BCUT2D eigenvalue weighted by Crippen LogP contribution is 2.26. The Morgan fingerprint density at radius 1 is 1.57 bits per heavy atom. The zero-order chi connectivity index (χ0) is 15.2. The van der Waals surface area contributed by atoms with Gasteiger partial charge in [-0.25, -0.2) is 9.78 Å². The number of nitrogens with zero attached hydrogens (tertiary/aromatic N) is 2. The molecule has 1 fully saturated rings. The van der Waals surface area contributed by atoms with Crippen LogP contribution in [0.2, 0.25) is 0 Å². The van der Waals surface area contributed by atoms with Gasteiger partial charge in [0.05, 0.1) is 6.61 Å². The molecule has 1 heterocycles. The zero-order valence-electron chi connectivity index (χ0n) is 12.4. The molecule has 7 heteroatoms. The van der Waals surface area contributed by atoms with Crippen molar-refractivity contribution in [3.05, 3.63) is 11.1 Å². The molecule has 0 unspecified atom stereocenters. The van der Waals surface area contributed by atoms with Crippen LogP contribution >= 0.6 is 11.3 Å². The van der Waals surface area contributed by atoms with Gasteiger partial charge in [-0.05, 0) is 32.1 Å². The van der Waals surface area contributed by atoms with Crippen molar-refractivity contribution in [1.82, 2.24) is 4.98 Å². The molecule has 2 rings (SSSR count). The van der Waals surface area contributed by atoms with Crippen LogP contribution < -0.4 is 5.73 Å². The van der Waals surface area contributed by atoms with E-state index in [-0.39, 0.29) is 18.4 Å². The van der Waals surface area contributed by atoms with Gasteiger partial charge >= 0.3 is 5.97 Å². The van der Waals surface area contributed by atoms with E-state index < -0.39 is 5.97 Å². The maximum Gasteiger partial charge on any atom is 0.362 e. The smallest absolute Gasteiger partial charge is 0.362 e. The van der Waals surface area contributed by atoms with Crippen molar-refractivity contribution in [2.45, 2.75) is 45.6 Å². The molecular formula is C14H21N3O3S. The number of ether oxygens (including phenoxy) is 1. The highest BCUT2D eigenvalue weighted by molar-refractivity contribution is 7.13. The quantitative estimate of drug-likeness (QED) is 0.513. The third-order valence-corrected chi connectivity index (χ3v) is 4.09. The zero-order valence-corrected chi connectivity index (χ0v) is 13.2. The van der Waals surface area contributed by atoms with Gasteiger partial charge in [0.15, 0.2) is 5.13 Å². The molecule has 1 aromatic heterocycles. The summed E-state index contributed by atoms with van der Waals surface area (Å²) in [6.07, 6.45) is 4.31. The standard InChI is InChI=1S/C14H21N3O3S/c1-3-19-13(18)12(11-8-21-14(15)16-11)17-20-10-6-4-5-9(2)7-10/h8-10H,3-7H2,1-2H3,(H2,15,16)/t9-,10-/m0/s1. The molecule has 0 amide bonds. The summed E-state index contributed by atoms with van der Waals surface area (Å²) >= 11 is 1.25. The first-order chi connectivity index (χ1) is 10.1. The number of nitrogen functional groups attached to an aromatic ring is 1. The van der Waals surface area contributed by atoms with Crippen molar-refractivity contribution in [3.8, 4) is 0 Å². The molecule has 0 saturated heterocycles. The fourth-order valence-electron chi connectivity index (χ4n) is 2.39. The topological polar surface area (TPSA) is 86.8 Å². The van der Waals surface area contributed by atoms with Gasteiger partial charge in [0, 0.05) is 5.38 Å². The van der Waals surface area contributed by atoms with Gasteiger partial charge in [0.2, 0.25) is 5.71 Å². The van der Waals surface area contributed by atoms with E-state index in [4.69, 9.17) is 15.3 Å². The molecule has 1 aliphatic carbocycles. The molecule has 6 nitrogen and oxygen atoms in total. The number of nitrogens with two attached hydrogens (primary N) is 1. The van der Waals surface area contributed by atoms with E-state index in [1.807, 2.05) is 0 Å². The van der Waals surface area contributed by atoms with Crippen molar-refractivity contribution in [1.29, 1.82) is 0 Å². The Hall–Kier alpha value is -1.63. The number of carbonyl (C=O) groups is 1. The predicted molar refractivity (Wildman–Crippen MR) is 82.2 cm³/mol. The van der Waals surface area contributed by atoms with Gasteiger partial charge in [-0.2, -0.15) is 0 Å². The normalized spacial score (nSPS) is 22.9. The summed E-state index contributed by atoms with van der Waals surface area (Å²) in [5.41, 5.74) is 6.10. The molecular weight excluding hydrogens is 290 g/mol. The minimum atomic E-state index is -0.536. The van der Waals surface area contributed by atoms with Gasteiger partial charge in [-0.3, -0.25) is 0 Å². The third-order valence-electron chi connectivity index (χ3n) is 3.41. The summed E-state index contributed by atoms with van der Waals surface area (Å²) < 4.78 is 5.00. The van der Waals surface area contributed by atoms with Crippen molar-refractivity contribution in [2.75, 3.05) is 12.3 Å². The number of esters is 1. The van der Waals surface area contributed by atoms with E-state index >= 15 is 0 Å². The van der Waals surface area contributed by atoms with Crippen LogP contribution in [0.25, 0.3) is 0 Å². The van der Waals surface area contributed by atoms with Gasteiger partial charge < -0.3 is 15.3 Å². The van der Waals surface area contributed by atoms with Gasteiger partial charge in [-0.1, -0.05) is 18.5 Å². The molecule has 0 radical (unpaired) electrons. The monoisotopic (exact) mass is 311 g/mol. The molecule has 0 bridgehead atoms. The number of hydrogen-bond donors (Lipinski definition) is 1. The number of aromatic nitrogens is 1. The van der Waals surface area contributed by atoms with Crippen LogP contribution in [0, 0.1) is 5.92 Å². The lowest BCUT2D eigenvalue weighted by atomic mass is 9.89. The van der Waals surface area contributed by atoms with Crippen LogP contribution in [-0.2, 0) is 14.4 Å². The summed E-state index contributed by atoms with van der Waals surface area (Å²) in [4.78, 5) is 21.6. The molecule has 21 heavy (non-hydrogen) atoms. The van der Waals surface area contributed by atoms with Crippen molar-refractivity contribution < 1.29 is 14.4 Å². The summed E-state index contributed by atoms with van der Waals surface area (Å²) in [6, 6.07) is 0. The lowest BCUT2D eigenvalue weighted by Crippen LogP contribution is -2.23. The largest absolute Gasteiger partial charge is 0.461 e. The van der Waals surface area contributed by atoms with Gasteiger partial charge in [0.25, 0.3) is 0 Å². The lowest BCUT2D eigenvalue weighted by molar-refractivity contribution is -0.135. The highest BCUT2D eigenvalue weighted by Gasteiger charge is 2.23. The Bertz CT molecular complexity index is 515. The summed E-state index contributed by atoms with van der Waals surface area (Å²) in [7, 11) is 0. The molecule has 1 saturated carbocycles.